The largest absolute Gasteiger partial charge is 0.479 e. The summed E-state index contributed by atoms with van der Waals surface area (Å²) in [5, 5.41) is 9.30. The minimum absolute atomic E-state index is 0.405. The number of ether oxygens (including phenoxy) is 1. The molecule has 1 unspecified atom stereocenters. The summed E-state index contributed by atoms with van der Waals surface area (Å²) < 4.78 is 18.4. The quantitative estimate of drug-likeness (QED) is 0.883. The third-order valence-electron chi connectivity index (χ3n) is 2.31. The zero-order valence-electron chi connectivity index (χ0n) is 10.5. The molecule has 0 amide bonds. The molecule has 1 aromatic carbocycles. The fourth-order valence-electron chi connectivity index (χ4n) is 1.61. The smallest absolute Gasteiger partial charge is 0.340 e. The molecule has 0 heterocycles. The van der Waals surface area contributed by atoms with E-state index in [9.17, 15) is 14.3 Å². The number of benzene rings is 1. The van der Waals surface area contributed by atoms with E-state index in [-0.39, 0.29) is 0 Å². The topological polar surface area (TPSA) is 46.5 Å². The van der Waals surface area contributed by atoms with E-state index in [1.807, 2.05) is 0 Å². The lowest BCUT2D eigenvalue weighted by atomic mass is 9.94. The molecule has 1 rings (SSSR count). The van der Waals surface area contributed by atoms with Crippen molar-refractivity contribution >= 4 is 5.97 Å². The summed E-state index contributed by atoms with van der Waals surface area (Å²) in [5.41, 5.74) is -1.67. The monoisotopic (exact) mass is 240 g/mol. The maximum Gasteiger partial charge on any atom is 0.340 e. The zero-order chi connectivity index (χ0) is 13.3. The SMILES string of the molecule is CC(C)(C)OC(C)(C(=O)O)c1ccc(F)cc1. The Morgan fingerprint density at radius 3 is 2.00 bits per heavy atom. The van der Waals surface area contributed by atoms with Gasteiger partial charge >= 0.3 is 5.97 Å². The molecule has 4 heteroatoms. The van der Waals surface area contributed by atoms with Crippen molar-refractivity contribution in [3.63, 3.8) is 0 Å². The van der Waals surface area contributed by atoms with Crippen LogP contribution in [0.5, 0.6) is 0 Å². The number of carboxylic acid groups (broad SMARTS) is 1. The van der Waals surface area contributed by atoms with Crippen molar-refractivity contribution in [2.45, 2.75) is 38.9 Å². The number of carbonyl (C=O) groups is 1. The molecule has 0 fully saturated rings. The standard InChI is InChI=1S/C13H17FO3/c1-12(2,3)17-13(4,11(15)16)9-5-7-10(14)8-6-9/h5-8H,1-4H3,(H,15,16). The van der Waals surface area contributed by atoms with Crippen molar-refractivity contribution in [2.75, 3.05) is 0 Å². The van der Waals surface area contributed by atoms with E-state index in [0.717, 1.165) is 0 Å². The summed E-state index contributed by atoms with van der Waals surface area (Å²) in [4.78, 5) is 11.4. The summed E-state index contributed by atoms with van der Waals surface area (Å²) in [7, 11) is 0. The maximum absolute atomic E-state index is 12.8. The van der Waals surface area contributed by atoms with Gasteiger partial charge < -0.3 is 9.84 Å². The third-order valence-corrected chi connectivity index (χ3v) is 2.31. The van der Waals surface area contributed by atoms with Gasteiger partial charge in [0, 0.05) is 0 Å². The fourth-order valence-corrected chi connectivity index (χ4v) is 1.61. The van der Waals surface area contributed by atoms with Crippen LogP contribution in [0.15, 0.2) is 24.3 Å². The number of halogens is 1. The third kappa shape index (κ3) is 3.27. The van der Waals surface area contributed by atoms with E-state index in [4.69, 9.17) is 4.74 Å². The molecule has 1 atom stereocenters. The van der Waals surface area contributed by atoms with Gasteiger partial charge in [0.2, 0.25) is 0 Å². The fraction of sp³-hybridized carbons (Fsp3) is 0.462. The van der Waals surface area contributed by atoms with Gasteiger partial charge in [-0.3, -0.25) is 0 Å². The van der Waals surface area contributed by atoms with Crippen molar-refractivity contribution < 1.29 is 19.0 Å². The molecular formula is C13H17FO3. The van der Waals surface area contributed by atoms with Crippen LogP contribution < -0.4 is 0 Å². The first-order chi connectivity index (χ1) is 7.65. The average Bonchev–Trinajstić information content (AvgIpc) is 2.15. The Hall–Kier alpha value is -1.42. The molecule has 0 aliphatic rings. The normalized spacial score (nSPS) is 15.4. The second kappa shape index (κ2) is 4.45. The van der Waals surface area contributed by atoms with Crippen LogP contribution in [0, 0.1) is 5.82 Å². The number of rotatable bonds is 3. The number of carboxylic acids is 1. The summed E-state index contributed by atoms with van der Waals surface area (Å²) in [5.74, 6) is -1.50. The molecule has 0 radical (unpaired) electrons. The van der Waals surface area contributed by atoms with Gasteiger partial charge in [-0.15, -0.1) is 0 Å². The molecule has 0 spiro atoms. The van der Waals surface area contributed by atoms with Gasteiger partial charge in [-0.05, 0) is 45.4 Å². The van der Waals surface area contributed by atoms with Crippen LogP contribution in [0.1, 0.15) is 33.3 Å². The Labute approximate surface area is 100 Å². The predicted octanol–water partition coefficient (Wildman–Crippen LogP) is 2.94. The molecular weight excluding hydrogens is 223 g/mol. The lowest BCUT2D eigenvalue weighted by molar-refractivity contribution is -0.183. The summed E-state index contributed by atoms with van der Waals surface area (Å²) in [6.45, 7) is 6.79. The summed E-state index contributed by atoms with van der Waals surface area (Å²) in [6.07, 6.45) is 0. The van der Waals surface area contributed by atoms with Gasteiger partial charge in [0.15, 0.2) is 5.60 Å². The number of hydrogen-bond acceptors (Lipinski definition) is 2. The van der Waals surface area contributed by atoms with Gasteiger partial charge in [0.25, 0.3) is 0 Å². The first kappa shape index (κ1) is 13.6. The minimum atomic E-state index is -1.48. The van der Waals surface area contributed by atoms with Crippen molar-refractivity contribution in [2.24, 2.45) is 0 Å². The van der Waals surface area contributed by atoms with Crippen LogP contribution in [0.25, 0.3) is 0 Å². The highest BCUT2D eigenvalue weighted by molar-refractivity contribution is 5.79. The van der Waals surface area contributed by atoms with E-state index >= 15 is 0 Å². The molecule has 0 saturated carbocycles. The Kier molecular flexibility index (Phi) is 3.57. The highest BCUT2D eigenvalue weighted by Gasteiger charge is 2.40. The van der Waals surface area contributed by atoms with E-state index in [0.29, 0.717) is 5.56 Å². The summed E-state index contributed by atoms with van der Waals surface area (Å²) >= 11 is 0. The Morgan fingerprint density at radius 1 is 1.18 bits per heavy atom. The molecule has 0 aromatic heterocycles. The van der Waals surface area contributed by atoms with Crippen LogP contribution in [0.4, 0.5) is 4.39 Å². The molecule has 0 aliphatic carbocycles. The van der Waals surface area contributed by atoms with Crippen LogP contribution in [0.3, 0.4) is 0 Å². The van der Waals surface area contributed by atoms with Crippen LogP contribution in [-0.4, -0.2) is 16.7 Å². The first-order valence-corrected chi connectivity index (χ1v) is 5.35. The number of hydrogen-bond donors (Lipinski definition) is 1. The second-order valence-corrected chi connectivity index (χ2v) is 5.06. The van der Waals surface area contributed by atoms with Crippen molar-refractivity contribution in [1.29, 1.82) is 0 Å². The average molecular weight is 240 g/mol. The number of aliphatic carboxylic acids is 1. The molecule has 1 aromatic rings. The van der Waals surface area contributed by atoms with Gasteiger partial charge in [-0.2, -0.15) is 0 Å². The lowest BCUT2D eigenvalue weighted by Gasteiger charge is -2.33. The lowest BCUT2D eigenvalue weighted by Crippen LogP contribution is -2.41. The van der Waals surface area contributed by atoms with Crippen molar-refractivity contribution in [1.82, 2.24) is 0 Å². The van der Waals surface area contributed by atoms with Crippen LogP contribution in [0.2, 0.25) is 0 Å². The van der Waals surface area contributed by atoms with Crippen molar-refractivity contribution in [3.05, 3.63) is 35.6 Å². The van der Waals surface area contributed by atoms with E-state index in [1.165, 1.54) is 31.2 Å². The predicted molar refractivity (Wildman–Crippen MR) is 62.2 cm³/mol. The van der Waals surface area contributed by atoms with Gasteiger partial charge in [-0.25, -0.2) is 9.18 Å². The second-order valence-electron chi connectivity index (χ2n) is 5.06. The van der Waals surface area contributed by atoms with Gasteiger partial charge in [-0.1, -0.05) is 12.1 Å². The molecule has 17 heavy (non-hydrogen) atoms. The Bertz CT molecular complexity index is 406. The maximum atomic E-state index is 12.8. The molecule has 3 nitrogen and oxygen atoms in total. The first-order valence-electron chi connectivity index (χ1n) is 5.35. The zero-order valence-corrected chi connectivity index (χ0v) is 10.5. The molecule has 0 bridgehead atoms. The molecule has 0 aliphatic heterocycles. The molecule has 1 N–H and O–H groups in total. The van der Waals surface area contributed by atoms with E-state index in [1.54, 1.807) is 20.8 Å². The van der Waals surface area contributed by atoms with Gasteiger partial charge in [0.05, 0.1) is 5.60 Å². The highest BCUT2D eigenvalue weighted by atomic mass is 19.1. The van der Waals surface area contributed by atoms with Crippen molar-refractivity contribution in [3.8, 4) is 0 Å². The minimum Gasteiger partial charge on any atom is -0.479 e. The van der Waals surface area contributed by atoms with Gasteiger partial charge in [0.1, 0.15) is 5.82 Å². The van der Waals surface area contributed by atoms with E-state index < -0.39 is 23.0 Å². The van der Waals surface area contributed by atoms with Crippen LogP contribution in [-0.2, 0) is 15.1 Å². The molecule has 0 saturated heterocycles. The molecule has 94 valence electrons. The van der Waals surface area contributed by atoms with Crippen LogP contribution >= 0.6 is 0 Å². The Morgan fingerprint density at radius 2 is 1.65 bits per heavy atom. The Balaban J connectivity index is 3.16. The van der Waals surface area contributed by atoms with E-state index in [2.05, 4.69) is 0 Å². The highest BCUT2D eigenvalue weighted by Crippen LogP contribution is 2.30. The summed E-state index contributed by atoms with van der Waals surface area (Å²) in [6, 6.07) is 5.30.